The van der Waals surface area contributed by atoms with Crippen LogP contribution in [0, 0.1) is 5.41 Å². The van der Waals surface area contributed by atoms with E-state index in [1.807, 2.05) is 25.2 Å². The van der Waals surface area contributed by atoms with Crippen molar-refractivity contribution in [3.05, 3.63) is 11.9 Å². The maximum absolute atomic E-state index is 12.9. The third kappa shape index (κ3) is 3.16. The molecule has 3 rings (SSSR count). The molecule has 0 aliphatic heterocycles. The average molecular weight is 348 g/mol. The molecule has 0 radical (unpaired) electrons. The van der Waals surface area contributed by atoms with Crippen molar-refractivity contribution in [2.75, 3.05) is 19.0 Å². The third-order valence-corrected chi connectivity index (χ3v) is 6.08. The lowest BCUT2D eigenvalue weighted by molar-refractivity contribution is -0.150. The van der Waals surface area contributed by atoms with Crippen LogP contribution < -0.4 is 5.32 Å². The van der Waals surface area contributed by atoms with Gasteiger partial charge in [-0.05, 0) is 32.1 Å². The zero-order valence-corrected chi connectivity index (χ0v) is 16.2. The van der Waals surface area contributed by atoms with Crippen molar-refractivity contribution in [1.82, 2.24) is 14.7 Å². The van der Waals surface area contributed by atoms with Crippen molar-refractivity contribution in [1.29, 1.82) is 0 Å². The average Bonchev–Trinajstić information content (AvgIpc) is 3.19. The van der Waals surface area contributed by atoms with Gasteiger partial charge >= 0.3 is 6.03 Å². The van der Waals surface area contributed by atoms with Crippen LogP contribution in [-0.4, -0.2) is 46.5 Å². The zero-order valence-electron chi connectivity index (χ0n) is 16.2. The van der Waals surface area contributed by atoms with Gasteiger partial charge in [0.1, 0.15) is 0 Å². The standard InChI is InChI=1S/C19H32N4O2/c1-6-25-16-11-15(19(16)9-7-8-10-19)23(5)18(24)20-14-12-22(4)21-17(14)13(2)3/h12-13,15-16H,6-11H2,1-5H3,(H,20,24)/t15-,16+/m0/s1. The summed E-state index contributed by atoms with van der Waals surface area (Å²) in [6.45, 7) is 6.99. The molecule has 1 aromatic rings. The van der Waals surface area contributed by atoms with Gasteiger partial charge in [0.05, 0.1) is 17.5 Å². The third-order valence-electron chi connectivity index (χ3n) is 6.08. The summed E-state index contributed by atoms with van der Waals surface area (Å²) in [5.74, 6) is 0.272. The Labute approximate surface area is 150 Å². The monoisotopic (exact) mass is 348 g/mol. The van der Waals surface area contributed by atoms with Crippen LogP contribution in [0.15, 0.2) is 6.20 Å². The smallest absolute Gasteiger partial charge is 0.321 e. The molecule has 1 N–H and O–H groups in total. The molecule has 0 bridgehead atoms. The molecule has 2 fully saturated rings. The first-order chi connectivity index (χ1) is 11.9. The highest BCUT2D eigenvalue weighted by Gasteiger charge is 2.58. The van der Waals surface area contributed by atoms with E-state index in [9.17, 15) is 4.79 Å². The van der Waals surface area contributed by atoms with E-state index in [0.29, 0.717) is 6.10 Å². The number of nitrogens with one attached hydrogen (secondary N) is 1. The predicted molar refractivity (Wildman–Crippen MR) is 98.8 cm³/mol. The predicted octanol–water partition coefficient (Wildman–Crippen LogP) is 3.75. The van der Waals surface area contributed by atoms with Crippen molar-refractivity contribution >= 4 is 11.7 Å². The van der Waals surface area contributed by atoms with Gasteiger partial charge in [-0.1, -0.05) is 26.7 Å². The fourth-order valence-corrected chi connectivity index (χ4v) is 4.77. The molecule has 2 aliphatic rings. The molecule has 140 valence electrons. The Kier molecular flexibility index (Phi) is 5.09. The molecule has 1 spiro atoms. The number of rotatable bonds is 5. The Morgan fingerprint density at radius 1 is 1.48 bits per heavy atom. The van der Waals surface area contributed by atoms with E-state index in [0.717, 1.165) is 24.4 Å². The second-order valence-electron chi connectivity index (χ2n) is 7.93. The normalized spacial score (nSPS) is 24.6. The molecule has 0 aromatic carbocycles. The van der Waals surface area contributed by atoms with Gasteiger partial charge in [0.2, 0.25) is 0 Å². The van der Waals surface area contributed by atoms with Crippen molar-refractivity contribution in [2.24, 2.45) is 12.5 Å². The second-order valence-corrected chi connectivity index (χ2v) is 7.93. The topological polar surface area (TPSA) is 59.4 Å². The maximum Gasteiger partial charge on any atom is 0.321 e. The molecule has 25 heavy (non-hydrogen) atoms. The maximum atomic E-state index is 12.9. The Morgan fingerprint density at radius 2 is 2.16 bits per heavy atom. The quantitative estimate of drug-likeness (QED) is 0.882. The number of aromatic nitrogens is 2. The van der Waals surface area contributed by atoms with E-state index < -0.39 is 0 Å². The van der Waals surface area contributed by atoms with E-state index in [1.54, 1.807) is 4.68 Å². The van der Waals surface area contributed by atoms with Crippen LogP contribution in [0.4, 0.5) is 10.5 Å². The zero-order chi connectivity index (χ0) is 18.2. The van der Waals surface area contributed by atoms with Gasteiger partial charge in [-0.3, -0.25) is 4.68 Å². The number of nitrogens with zero attached hydrogens (tertiary/aromatic N) is 3. The highest BCUT2D eigenvalue weighted by Crippen LogP contribution is 2.56. The number of hydrogen-bond acceptors (Lipinski definition) is 3. The summed E-state index contributed by atoms with van der Waals surface area (Å²) in [6.07, 6.45) is 7.97. The number of anilines is 1. The molecule has 0 unspecified atom stereocenters. The molecule has 6 heteroatoms. The fraction of sp³-hybridized carbons (Fsp3) is 0.789. The number of aryl methyl sites for hydroxylation is 1. The molecule has 0 saturated heterocycles. The first-order valence-electron chi connectivity index (χ1n) is 9.58. The van der Waals surface area contributed by atoms with Gasteiger partial charge < -0.3 is 15.0 Å². The Hall–Kier alpha value is -1.56. The van der Waals surface area contributed by atoms with Crippen LogP contribution >= 0.6 is 0 Å². The molecule has 6 nitrogen and oxygen atoms in total. The van der Waals surface area contributed by atoms with Gasteiger partial charge in [0.25, 0.3) is 0 Å². The SMILES string of the molecule is CCO[C@@H]1C[C@H](N(C)C(=O)Nc2cn(C)nc2C(C)C)C12CCCC2. The van der Waals surface area contributed by atoms with Gasteiger partial charge in [-0.25, -0.2) is 4.79 Å². The number of ether oxygens (including phenoxy) is 1. The van der Waals surface area contributed by atoms with Crippen LogP contribution in [0.2, 0.25) is 0 Å². The fourth-order valence-electron chi connectivity index (χ4n) is 4.77. The van der Waals surface area contributed by atoms with E-state index in [-0.39, 0.29) is 23.4 Å². The minimum absolute atomic E-state index is 0.0406. The van der Waals surface area contributed by atoms with E-state index in [4.69, 9.17) is 4.74 Å². The summed E-state index contributed by atoms with van der Waals surface area (Å²) in [7, 11) is 3.81. The van der Waals surface area contributed by atoms with Crippen LogP contribution in [-0.2, 0) is 11.8 Å². The lowest BCUT2D eigenvalue weighted by atomic mass is 9.60. The minimum atomic E-state index is -0.0406. The summed E-state index contributed by atoms with van der Waals surface area (Å²) < 4.78 is 7.74. The van der Waals surface area contributed by atoms with Crippen molar-refractivity contribution in [2.45, 2.75) is 70.9 Å². The van der Waals surface area contributed by atoms with Crippen molar-refractivity contribution in [3.63, 3.8) is 0 Å². The molecular weight excluding hydrogens is 316 g/mol. The van der Waals surface area contributed by atoms with Gasteiger partial charge in [0.15, 0.2) is 0 Å². The molecule has 2 aliphatic carbocycles. The number of amides is 2. The Morgan fingerprint density at radius 3 is 2.76 bits per heavy atom. The Bertz CT molecular complexity index is 619. The summed E-state index contributed by atoms with van der Waals surface area (Å²) >= 11 is 0. The summed E-state index contributed by atoms with van der Waals surface area (Å²) in [5.41, 5.74) is 1.91. The summed E-state index contributed by atoms with van der Waals surface area (Å²) in [4.78, 5) is 14.8. The van der Waals surface area contributed by atoms with Crippen molar-refractivity contribution < 1.29 is 9.53 Å². The van der Waals surface area contributed by atoms with Crippen LogP contribution in [0.3, 0.4) is 0 Å². The molecule has 1 aromatic heterocycles. The first-order valence-corrected chi connectivity index (χ1v) is 9.58. The van der Waals surface area contributed by atoms with Crippen LogP contribution in [0.5, 0.6) is 0 Å². The molecule has 1 heterocycles. The van der Waals surface area contributed by atoms with Gasteiger partial charge in [-0.2, -0.15) is 5.10 Å². The number of carbonyl (C=O) groups is 1. The number of carbonyl (C=O) groups excluding carboxylic acids is 1. The van der Waals surface area contributed by atoms with E-state index in [1.165, 1.54) is 25.7 Å². The molecule has 2 atom stereocenters. The number of urea groups is 1. The minimum Gasteiger partial charge on any atom is -0.378 e. The second kappa shape index (κ2) is 6.98. The van der Waals surface area contributed by atoms with Crippen LogP contribution in [0.25, 0.3) is 0 Å². The van der Waals surface area contributed by atoms with Crippen LogP contribution in [0.1, 0.15) is 64.5 Å². The highest BCUT2D eigenvalue weighted by molar-refractivity contribution is 5.90. The molecule has 2 amide bonds. The lowest BCUT2D eigenvalue weighted by Crippen LogP contribution is -2.64. The molecule has 2 saturated carbocycles. The lowest BCUT2D eigenvalue weighted by Gasteiger charge is -2.56. The van der Waals surface area contributed by atoms with Gasteiger partial charge in [0, 0.05) is 38.4 Å². The highest BCUT2D eigenvalue weighted by atomic mass is 16.5. The van der Waals surface area contributed by atoms with E-state index in [2.05, 4.69) is 31.2 Å². The Balaban J connectivity index is 1.71. The molecular formula is C19H32N4O2. The first kappa shape index (κ1) is 18.2. The largest absolute Gasteiger partial charge is 0.378 e. The number of hydrogen-bond donors (Lipinski definition) is 1. The van der Waals surface area contributed by atoms with Crippen molar-refractivity contribution in [3.8, 4) is 0 Å². The summed E-state index contributed by atoms with van der Waals surface area (Å²) in [5, 5.41) is 7.55. The van der Waals surface area contributed by atoms with E-state index >= 15 is 0 Å². The summed E-state index contributed by atoms with van der Waals surface area (Å²) in [6, 6.07) is 0.229. The van der Waals surface area contributed by atoms with Gasteiger partial charge in [-0.15, -0.1) is 0 Å².